The summed E-state index contributed by atoms with van der Waals surface area (Å²) in [4.78, 5) is 12.3. The average Bonchev–Trinajstić information content (AvgIpc) is 2.80. The van der Waals surface area contributed by atoms with Gasteiger partial charge in [-0.25, -0.2) is 9.13 Å². The van der Waals surface area contributed by atoms with Gasteiger partial charge in [-0.05, 0) is 24.3 Å². The maximum atomic E-state index is 12.3. The van der Waals surface area contributed by atoms with Crippen LogP contribution in [0, 0.1) is 0 Å². The standard InChI is InChI=1S/C15H18ClN2O3/c1-17-6-7-18(9-13(20)10-19)15(17)8-14(21)11-2-4-12(16)5-3-11/h2-7,13,19-20H,8-10H2,1H3/q+1. The number of aliphatic hydroxyl groups is 2. The monoisotopic (exact) mass is 309 g/mol. The molecule has 2 rings (SSSR count). The van der Waals surface area contributed by atoms with E-state index in [0.717, 1.165) is 5.82 Å². The number of aliphatic hydroxyl groups excluding tert-OH is 2. The van der Waals surface area contributed by atoms with Gasteiger partial charge in [-0.1, -0.05) is 11.6 Å². The first kappa shape index (κ1) is 15.7. The maximum Gasteiger partial charge on any atom is 0.264 e. The van der Waals surface area contributed by atoms with Gasteiger partial charge in [0.05, 0.1) is 13.7 Å². The van der Waals surface area contributed by atoms with Crippen LogP contribution >= 0.6 is 11.6 Å². The summed E-state index contributed by atoms with van der Waals surface area (Å²) in [6.45, 7) is -0.0625. The summed E-state index contributed by atoms with van der Waals surface area (Å²) in [6.07, 6.45) is 2.96. The van der Waals surface area contributed by atoms with Crippen molar-refractivity contribution >= 4 is 17.4 Å². The van der Waals surface area contributed by atoms with Crippen molar-refractivity contribution in [2.24, 2.45) is 7.05 Å². The lowest BCUT2D eigenvalue weighted by atomic mass is 10.1. The van der Waals surface area contributed by atoms with E-state index in [4.69, 9.17) is 16.7 Å². The summed E-state index contributed by atoms with van der Waals surface area (Å²) in [5.74, 6) is 0.739. The van der Waals surface area contributed by atoms with Crippen LogP contribution in [0.15, 0.2) is 36.7 Å². The van der Waals surface area contributed by atoms with Crippen LogP contribution < -0.4 is 4.57 Å². The molecular weight excluding hydrogens is 292 g/mol. The van der Waals surface area contributed by atoms with E-state index in [1.165, 1.54) is 0 Å². The second kappa shape index (κ2) is 6.85. The SMILES string of the molecule is C[n+]1ccn(CC(O)CO)c1CC(=O)c1ccc(Cl)cc1. The van der Waals surface area contributed by atoms with E-state index >= 15 is 0 Å². The molecule has 0 saturated heterocycles. The number of carbonyl (C=O) groups excluding carboxylic acids is 1. The molecule has 0 aliphatic carbocycles. The molecule has 0 radical (unpaired) electrons. The molecule has 21 heavy (non-hydrogen) atoms. The number of benzene rings is 1. The molecule has 0 aliphatic rings. The van der Waals surface area contributed by atoms with E-state index in [0.29, 0.717) is 10.6 Å². The van der Waals surface area contributed by atoms with Crippen molar-refractivity contribution in [2.45, 2.75) is 19.1 Å². The van der Waals surface area contributed by atoms with Crippen LogP contribution in [-0.4, -0.2) is 33.3 Å². The minimum absolute atomic E-state index is 0.0271. The maximum absolute atomic E-state index is 12.3. The summed E-state index contributed by atoms with van der Waals surface area (Å²) >= 11 is 5.81. The molecule has 5 nitrogen and oxygen atoms in total. The Kier molecular flexibility index (Phi) is 5.12. The van der Waals surface area contributed by atoms with Crippen LogP contribution in [0.25, 0.3) is 0 Å². The lowest BCUT2D eigenvalue weighted by molar-refractivity contribution is -0.678. The molecule has 1 heterocycles. The second-order valence-electron chi connectivity index (χ2n) is 4.92. The van der Waals surface area contributed by atoms with Crippen LogP contribution in [0.3, 0.4) is 0 Å². The number of nitrogens with zero attached hydrogens (tertiary/aromatic N) is 2. The number of carbonyl (C=O) groups is 1. The average molecular weight is 310 g/mol. The van der Waals surface area contributed by atoms with Gasteiger partial charge >= 0.3 is 0 Å². The third-order valence-corrected chi connectivity index (χ3v) is 3.56. The first-order valence-corrected chi connectivity index (χ1v) is 7.00. The van der Waals surface area contributed by atoms with Crippen molar-refractivity contribution in [1.82, 2.24) is 4.57 Å². The zero-order valence-corrected chi connectivity index (χ0v) is 12.5. The Morgan fingerprint density at radius 3 is 2.67 bits per heavy atom. The van der Waals surface area contributed by atoms with Crippen molar-refractivity contribution < 1.29 is 19.6 Å². The molecule has 112 valence electrons. The Labute approximate surface area is 128 Å². The van der Waals surface area contributed by atoms with Gasteiger partial charge in [0.1, 0.15) is 31.5 Å². The fraction of sp³-hybridized carbons (Fsp3) is 0.333. The zero-order valence-electron chi connectivity index (χ0n) is 11.7. The van der Waals surface area contributed by atoms with Crippen molar-refractivity contribution in [3.8, 4) is 0 Å². The van der Waals surface area contributed by atoms with Crippen LogP contribution in [0.1, 0.15) is 16.2 Å². The summed E-state index contributed by atoms with van der Waals surface area (Å²) in [5, 5.41) is 19.1. The summed E-state index contributed by atoms with van der Waals surface area (Å²) in [7, 11) is 1.84. The number of hydrogen-bond donors (Lipinski definition) is 2. The van der Waals surface area contributed by atoms with Gasteiger partial charge in [0, 0.05) is 10.6 Å². The van der Waals surface area contributed by atoms with Gasteiger partial charge in [-0.3, -0.25) is 4.79 Å². The Bertz CT molecular complexity index is 622. The summed E-state index contributed by atoms with van der Waals surface area (Å²) in [5.41, 5.74) is 0.592. The number of aryl methyl sites for hydroxylation is 1. The Morgan fingerprint density at radius 2 is 2.05 bits per heavy atom. The predicted molar refractivity (Wildman–Crippen MR) is 78.2 cm³/mol. The molecule has 1 aromatic heterocycles. The molecule has 0 fully saturated rings. The molecule has 6 heteroatoms. The molecule has 1 atom stereocenters. The molecule has 0 spiro atoms. The van der Waals surface area contributed by atoms with Crippen molar-refractivity contribution in [1.29, 1.82) is 0 Å². The Morgan fingerprint density at radius 1 is 1.38 bits per heavy atom. The second-order valence-corrected chi connectivity index (χ2v) is 5.36. The van der Waals surface area contributed by atoms with E-state index in [-0.39, 0.29) is 25.4 Å². The van der Waals surface area contributed by atoms with E-state index in [2.05, 4.69) is 0 Å². The van der Waals surface area contributed by atoms with Crippen molar-refractivity contribution in [3.63, 3.8) is 0 Å². The van der Waals surface area contributed by atoms with Crippen molar-refractivity contribution in [2.75, 3.05) is 6.61 Å². The Hall–Kier alpha value is -1.69. The lowest BCUT2D eigenvalue weighted by Gasteiger charge is -2.07. The van der Waals surface area contributed by atoms with Gasteiger partial charge in [0.2, 0.25) is 0 Å². The number of Topliss-reactive ketones (excluding diaryl/α,β-unsaturated/α-hetero) is 1. The predicted octanol–water partition coefficient (Wildman–Crippen LogP) is 0.745. The minimum Gasteiger partial charge on any atom is -0.394 e. The quantitative estimate of drug-likeness (QED) is 0.611. The van der Waals surface area contributed by atoms with Gasteiger partial charge in [0.25, 0.3) is 5.82 Å². The van der Waals surface area contributed by atoms with Crippen molar-refractivity contribution in [3.05, 3.63) is 53.1 Å². The first-order valence-electron chi connectivity index (χ1n) is 6.62. The number of imidazole rings is 1. The highest BCUT2D eigenvalue weighted by atomic mass is 35.5. The first-order chi connectivity index (χ1) is 10.0. The molecule has 0 amide bonds. The normalized spacial score (nSPS) is 12.4. The summed E-state index contributed by atoms with van der Waals surface area (Å²) in [6, 6.07) is 6.76. The molecule has 2 aromatic rings. The van der Waals surface area contributed by atoms with Gasteiger partial charge in [-0.2, -0.15) is 0 Å². The molecule has 2 N–H and O–H groups in total. The lowest BCUT2D eigenvalue weighted by Crippen LogP contribution is -2.35. The number of rotatable bonds is 6. The summed E-state index contributed by atoms with van der Waals surface area (Å²) < 4.78 is 3.60. The highest BCUT2D eigenvalue weighted by molar-refractivity contribution is 6.30. The third-order valence-electron chi connectivity index (χ3n) is 3.31. The molecule has 0 bridgehead atoms. The molecule has 0 aliphatic heterocycles. The zero-order chi connectivity index (χ0) is 15.4. The van der Waals surface area contributed by atoms with Gasteiger partial charge < -0.3 is 10.2 Å². The molecular formula is C15H18ClN2O3+. The Balaban J connectivity index is 2.17. The van der Waals surface area contributed by atoms with E-state index in [1.807, 2.05) is 17.8 Å². The van der Waals surface area contributed by atoms with Crippen LogP contribution in [0.4, 0.5) is 0 Å². The van der Waals surface area contributed by atoms with Crippen LogP contribution in [-0.2, 0) is 20.0 Å². The minimum atomic E-state index is -0.846. The fourth-order valence-electron chi connectivity index (χ4n) is 2.11. The van der Waals surface area contributed by atoms with E-state index in [9.17, 15) is 9.90 Å². The third kappa shape index (κ3) is 3.91. The van der Waals surface area contributed by atoms with Gasteiger partial charge in [-0.15, -0.1) is 0 Å². The smallest absolute Gasteiger partial charge is 0.264 e. The highest BCUT2D eigenvalue weighted by Gasteiger charge is 2.21. The number of aromatic nitrogens is 2. The largest absolute Gasteiger partial charge is 0.394 e. The molecule has 1 aromatic carbocycles. The van der Waals surface area contributed by atoms with E-state index in [1.54, 1.807) is 35.0 Å². The van der Waals surface area contributed by atoms with E-state index < -0.39 is 6.10 Å². The highest BCUT2D eigenvalue weighted by Crippen LogP contribution is 2.12. The fourth-order valence-corrected chi connectivity index (χ4v) is 2.24. The number of ketones is 1. The number of hydrogen-bond acceptors (Lipinski definition) is 3. The topological polar surface area (TPSA) is 66.3 Å². The molecule has 0 saturated carbocycles. The van der Waals surface area contributed by atoms with Gasteiger partial charge in [0.15, 0.2) is 5.78 Å². The van der Waals surface area contributed by atoms with Crippen LogP contribution in [0.5, 0.6) is 0 Å². The van der Waals surface area contributed by atoms with Crippen LogP contribution in [0.2, 0.25) is 5.02 Å². The molecule has 1 unspecified atom stereocenters. The number of halogens is 1.